The number of halogens is 1. The third-order valence-electron chi connectivity index (χ3n) is 5.54. The summed E-state index contributed by atoms with van der Waals surface area (Å²) in [6, 6.07) is 11.3. The Morgan fingerprint density at radius 1 is 1.17 bits per heavy atom. The van der Waals surface area contributed by atoms with Crippen molar-refractivity contribution in [2.45, 2.75) is 45.1 Å². The van der Waals surface area contributed by atoms with E-state index in [-0.39, 0.29) is 24.8 Å². The van der Waals surface area contributed by atoms with Gasteiger partial charge < -0.3 is 5.32 Å². The number of benzene rings is 2. The monoisotopic (exact) mass is 418 g/mol. The molecule has 0 unspecified atom stereocenters. The number of hydrogen-bond acceptors (Lipinski definition) is 3. The van der Waals surface area contributed by atoms with Crippen LogP contribution in [0.3, 0.4) is 0 Å². The van der Waals surface area contributed by atoms with Gasteiger partial charge in [0, 0.05) is 19.6 Å². The number of hydrogen-bond donors (Lipinski definition) is 1. The van der Waals surface area contributed by atoms with Crippen molar-refractivity contribution in [1.82, 2.24) is 9.62 Å². The summed E-state index contributed by atoms with van der Waals surface area (Å²) in [5.74, 6) is -0.519. The first-order valence-electron chi connectivity index (χ1n) is 9.72. The van der Waals surface area contributed by atoms with Crippen LogP contribution in [0.15, 0.2) is 47.4 Å². The molecule has 0 bridgehead atoms. The second-order valence-corrected chi connectivity index (χ2v) is 9.99. The fourth-order valence-electron chi connectivity index (χ4n) is 3.71. The normalized spacial score (nSPS) is 20.4. The lowest BCUT2D eigenvalue weighted by atomic mass is 9.82. The zero-order chi connectivity index (χ0) is 21.2. The van der Waals surface area contributed by atoms with Gasteiger partial charge in [-0.25, -0.2) is 12.8 Å². The van der Waals surface area contributed by atoms with Gasteiger partial charge in [0.15, 0.2) is 0 Å². The Balaban J connectivity index is 1.75. The minimum atomic E-state index is -3.68. The Hall–Kier alpha value is -2.25. The van der Waals surface area contributed by atoms with Crippen LogP contribution in [0, 0.1) is 25.1 Å². The molecule has 3 rings (SSSR count). The number of nitrogens with one attached hydrogen (secondary N) is 1. The molecule has 2 aromatic carbocycles. The number of carbonyl (C=O) groups is 1. The Bertz CT molecular complexity index is 1010. The lowest BCUT2D eigenvalue weighted by molar-refractivity contribution is -0.132. The van der Waals surface area contributed by atoms with E-state index in [1.165, 1.54) is 16.4 Å². The highest BCUT2D eigenvalue weighted by atomic mass is 32.2. The quantitative estimate of drug-likeness (QED) is 0.808. The van der Waals surface area contributed by atoms with Crippen LogP contribution in [0.2, 0.25) is 0 Å². The highest BCUT2D eigenvalue weighted by Crippen LogP contribution is 2.33. The predicted octanol–water partition coefficient (Wildman–Crippen LogP) is 3.55. The van der Waals surface area contributed by atoms with Crippen LogP contribution >= 0.6 is 0 Å². The molecule has 1 aliphatic heterocycles. The number of sulfonamides is 1. The highest BCUT2D eigenvalue weighted by Gasteiger charge is 2.42. The zero-order valence-electron chi connectivity index (χ0n) is 17.0. The molecule has 0 radical (unpaired) electrons. The van der Waals surface area contributed by atoms with Crippen LogP contribution < -0.4 is 5.32 Å². The maximum absolute atomic E-state index is 13.2. The molecule has 1 N–H and O–H groups in total. The largest absolute Gasteiger partial charge is 0.352 e. The molecule has 5 nitrogen and oxygen atoms in total. The molecule has 0 aromatic heterocycles. The third kappa shape index (κ3) is 4.67. The fourth-order valence-corrected chi connectivity index (χ4v) is 5.62. The molecule has 1 saturated heterocycles. The molecule has 1 atom stereocenters. The molecule has 2 aromatic rings. The molecule has 7 heteroatoms. The van der Waals surface area contributed by atoms with E-state index in [1.54, 1.807) is 38.1 Å². The maximum Gasteiger partial charge on any atom is 0.243 e. The average molecular weight is 419 g/mol. The van der Waals surface area contributed by atoms with E-state index >= 15 is 0 Å². The summed E-state index contributed by atoms with van der Waals surface area (Å²) < 4.78 is 40.9. The molecule has 0 spiro atoms. The summed E-state index contributed by atoms with van der Waals surface area (Å²) in [5.41, 5.74) is 1.55. The Morgan fingerprint density at radius 3 is 2.55 bits per heavy atom. The van der Waals surface area contributed by atoms with E-state index in [9.17, 15) is 17.6 Å². The summed E-state index contributed by atoms with van der Waals surface area (Å²) in [5, 5.41) is 2.88. The van der Waals surface area contributed by atoms with Crippen molar-refractivity contribution in [3.63, 3.8) is 0 Å². The van der Waals surface area contributed by atoms with Gasteiger partial charge in [-0.05, 0) is 68.5 Å². The van der Waals surface area contributed by atoms with Crippen LogP contribution in [0.1, 0.15) is 36.5 Å². The van der Waals surface area contributed by atoms with Crippen molar-refractivity contribution in [3.8, 4) is 0 Å². The summed E-state index contributed by atoms with van der Waals surface area (Å²) in [6.45, 7) is 6.26. The van der Waals surface area contributed by atoms with Crippen molar-refractivity contribution >= 4 is 15.9 Å². The molecule has 1 amide bonds. The number of nitrogens with zero attached hydrogens (tertiary/aromatic N) is 1. The van der Waals surface area contributed by atoms with E-state index in [0.717, 1.165) is 11.1 Å². The van der Waals surface area contributed by atoms with Gasteiger partial charge in [-0.2, -0.15) is 4.31 Å². The van der Waals surface area contributed by atoms with Gasteiger partial charge in [0.05, 0.1) is 10.3 Å². The number of rotatable bonds is 5. The first kappa shape index (κ1) is 21.5. The van der Waals surface area contributed by atoms with Gasteiger partial charge in [0.1, 0.15) is 5.82 Å². The summed E-state index contributed by atoms with van der Waals surface area (Å²) >= 11 is 0. The van der Waals surface area contributed by atoms with Gasteiger partial charge >= 0.3 is 0 Å². The van der Waals surface area contributed by atoms with Gasteiger partial charge in [0.2, 0.25) is 15.9 Å². The van der Waals surface area contributed by atoms with Crippen LogP contribution in [-0.2, 0) is 21.4 Å². The van der Waals surface area contributed by atoms with Crippen LogP contribution in [0.4, 0.5) is 4.39 Å². The predicted molar refractivity (Wildman–Crippen MR) is 110 cm³/mol. The number of aryl methyl sites for hydroxylation is 2. The van der Waals surface area contributed by atoms with Crippen molar-refractivity contribution in [2.75, 3.05) is 13.1 Å². The van der Waals surface area contributed by atoms with Crippen LogP contribution in [-0.4, -0.2) is 31.7 Å². The molecule has 0 aliphatic carbocycles. The van der Waals surface area contributed by atoms with E-state index in [1.807, 2.05) is 13.0 Å². The SMILES string of the molecule is Cc1ccc(C)c(S(=O)(=O)N2CCC[C@@](C)(C(=O)NCc3ccc(F)cc3)C2)c1. The molecule has 156 valence electrons. The Labute approximate surface area is 172 Å². The molecular weight excluding hydrogens is 391 g/mol. The summed E-state index contributed by atoms with van der Waals surface area (Å²) in [6.07, 6.45) is 1.23. The van der Waals surface area contributed by atoms with Crippen molar-refractivity contribution in [1.29, 1.82) is 0 Å². The lowest BCUT2D eigenvalue weighted by Crippen LogP contribution is -2.51. The van der Waals surface area contributed by atoms with Gasteiger partial charge in [-0.3, -0.25) is 4.79 Å². The fraction of sp³-hybridized carbons (Fsp3) is 0.409. The molecule has 0 saturated carbocycles. The van der Waals surface area contributed by atoms with Gasteiger partial charge in [0.25, 0.3) is 0 Å². The van der Waals surface area contributed by atoms with Crippen LogP contribution in [0.5, 0.6) is 0 Å². The lowest BCUT2D eigenvalue weighted by Gasteiger charge is -2.38. The smallest absolute Gasteiger partial charge is 0.243 e. The Morgan fingerprint density at radius 2 is 1.86 bits per heavy atom. The average Bonchev–Trinajstić information content (AvgIpc) is 2.69. The second-order valence-electron chi connectivity index (χ2n) is 8.08. The maximum atomic E-state index is 13.2. The molecule has 1 heterocycles. The topological polar surface area (TPSA) is 66.5 Å². The van der Waals surface area contributed by atoms with Crippen LogP contribution in [0.25, 0.3) is 0 Å². The molecule has 1 aliphatic rings. The summed E-state index contributed by atoms with van der Waals surface area (Å²) in [7, 11) is -3.68. The minimum absolute atomic E-state index is 0.137. The number of piperidine rings is 1. The second kappa shape index (κ2) is 8.24. The highest BCUT2D eigenvalue weighted by molar-refractivity contribution is 7.89. The van der Waals surface area contributed by atoms with E-state index in [2.05, 4.69) is 5.32 Å². The third-order valence-corrected chi connectivity index (χ3v) is 7.52. The van der Waals surface area contributed by atoms with E-state index in [4.69, 9.17) is 0 Å². The molecule has 29 heavy (non-hydrogen) atoms. The summed E-state index contributed by atoms with van der Waals surface area (Å²) in [4.78, 5) is 13.2. The van der Waals surface area contributed by atoms with Crippen molar-refractivity contribution in [2.24, 2.45) is 5.41 Å². The first-order chi connectivity index (χ1) is 13.6. The standard InChI is InChI=1S/C22H27FN2O3S/c1-16-5-6-17(2)20(13-16)29(27,28)25-12-4-11-22(3,15-25)21(26)24-14-18-7-9-19(23)10-8-18/h5-10,13H,4,11-12,14-15H2,1-3H3,(H,24,26)/t22-/m1/s1. The number of carbonyl (C=O) groups excluding carboxylic acids is 1. The van der Waals surface area contributed by atoms with Crippen molar-refractivity contribution in [3.05, 3.63) is 65.0 Å². The number of amides is 1. The van der Waals surface area contributed by atoms with E-state index < -0.39 is 15.4 Å². The zero-order valence-corrected chi connectivity index (χ0v) is 17.9. The van der Waals surface area contributed by atoms with Crippen molar-refractivity contribution < 1.29 is 17.6 Å². The van der Waals surface area contributed by atoms with Gasteiger partial charge in [-0.15, -0.1) is 0 Å². The molecule has 1 fully saturated rings. The van der Waals surface area contributed by atoms with Gasteiger partial charge in [-0.1, -0.05) is 24.3 Å². The van der Waals surface area contributed by atoms with E-state index in [0.29, 0.717) is 29.8 Å². The first-order valence-corrected chi connectivity index (χ1v) is 11.2. The Kier molecular flexibility index (Phi) is 6.10. The molecular formula is C22H27FN2O3S. The minimum Gasteiger partial charge on any atom is -0.352 e.